The molecule has 118 valence electrons. The molecule has 0 fully saturated rings. The maximum absolute atomic E-state index is 5.51. The zero-order chi connectivity index (χ0) is 15.9. The lowest BCUT2D eigenvalue weighted by molar-refractivity contribution is 0.340. The SMILES string of the molecule is CCOc1ccc(C(c2ccc(OCC)cc2)C(Br)Br)cc1. The first-order chi connectivity index (χ1) is 10.7. The number of benzene rings is 2. The van der Waals surface area contributed by atoms with E-state index in [2.05, 4.69) is 56.1 Å². The molecule has 0 bridgehead atoms. The monoisotopic (exact) mass is 426 g/mol. The van der Waals surface area contributed by atoms with Crippen LogP contribution in [0.3, 0.4) is 0 Å². The minimum atomic E-state index is 0.149. The average Bonchev–Trinajstić information content (AvgIpc) is 2.51. The van der Waals surface area contributed by atoms with E-state index in [1.54, 1.807) is 0 Å². The third kappa shape index (κ3) is 4.50. The number of alkyl halides is 2. The Kier molecular flexibility index (Phi) is 6.77. The molecule has 0 radical (unpaired) electrons. The molecule has 0 aliphatic carbocycles. The average molecular weight is 428 g/mol. The van der Waals surface area contributed by atoms with Crippen molar-refractivity contribution < 1.29 is 9.47 Å². The maximum atomic E-state index is 5.51. The smallest absolute Gasteiger partial charge is 0.119 e. The Hall–Kier alpha value is -1.00. The maximum Gasteiger partial charge on any atom is 0.119 e. The van der Waals surface area contributed by atoms with Crippen molar-refractivity contribution >= 4 is 31.9 Å². The largest absolute Gasteiger partial charge is 0.494 e. The van der Waals surface area contributed by atoms with Gasteiger partial charge in [-0.2, -0.15) is 0 Å². The third-order valence-corrected chi connectivity index (χ3v) is 4.41. The zero-order valence-electron chi connectivity index (χ0n) is 12.8. The molecule has 0 heterocycles. The predicted molar refractivity (Wildman–Crippen MR) is 98.7 cm³/mol. The van der Waals surface area contributed by atoms with Gasteiger partial charge in [-0.3, -0.25) is 0 Å². The second kappa shape index (κ2) is 8.59. The van der Waals surface area contributed by atoms with Gasteiger partial charge in [-0.15, -0.1) is 0 Å². The number of rotatable bonds is 7. The fourth-order valence-electron chi connectivity index (χ4n) is 2.36. The fraction of sp³-hybridized carbons (Fsp3) is 0.333. The van der Waals surface area contributed by atoms with Gasteiger partial charge >= 0.3 is 0 Å². The van der Waals surface area contributed by atoms with E-state index >= 15 is 0 Å². The van der Waals surface area contributed by atoms with Gasteiger partial charge in [0.05, 0.1) is 17.0 Å². The van der Waals surface area contributed by atoms with E-state index in [1.807, 2.05) is 38.1 Å². The molecule has 0 atom stereocenters. The molecule has 4 heteroatoms. The van der Waals surface area contributed by atoms with Crippen LogP contribution in [0.4, 0.5) is 0 Å². The Morgan fingerprint density at radius 1 is 0.727 bits per heavy atom. The van der Waals surface area contributed by atoms with E-state index in [-0.39, 0.29) is 9.65 Å². The van der Waals surface area contributed by atoms with Gasteiger partial charge in [0.25, 0.3) is 0 Å². The van der Waals surface area contributed by atoms with E-state index in [9.17, 15) is 0 Å². The molecule has 0 unspecified atom stereocenters. The molecule has 2 aromatic carbocycles. The summed E-state index contributed by atoms with van der Waals surface area (Å²) in [4.78, 5) is 0. The van der Waals surface area contributed by atoms with E-state index in [4.69, 9.17) is 9.47 Å². The second-order valence-electron chi connectivity index (χ2n) is 4.82. The van der Waals surface area contributed by atoms with Crippen molar-refractivity contribution in [3.05, 3.63) is 59.7 Å². The summed E-state index contributed by atoms with van der Waals surface area (Å²) < 4.78 is 11.2. The number of halogens is 2. The van der Waals surface area contributed by atoms with Crippen LogP contribution in [0.1, 0.15) is 30.9 Å². The molecule has 0 amide bonds. The van der Waals surface area contributed by atoms with Crippen molar-refractivity contribution in [2.75, 3.05) is 13.2 Å². The second-order valence-corrected chi connectivity index (χ2v) is 8.02. The highest BCUT2D eigenvalue weighted by Gasteiger charge is 2.20. The molecule has 0 aromatic heterocycles. The fourth-order valence-corrected chi connectivity index (χ4v) is 3.58. The molecule has 0 aliphatic heterocycles. The first kappa shape index (κ1) is 17.4. The van der Waals surface area contributed by atoms with Crippen molar-refractivity contribution in [3.63, 3.8) is 0 Å². The summed E-state index contributed by atoms with van der Waals surface area (Å²) in [6, 6.07) is 16.5. The Labute approximate surface area is 149 Å². The minimum Gasteiger partial charge on any atom is -0.494 e. The standard InChI is InChI=1S/C18H20Br2O2/c1-3-21-15-9-5-13(6-10-15)17(18(19)20)14-7-11-16(12-8-14)22-4-2/h5-12,17-18H,3-4H2,1-2H3. The highest BCUT2D eigenvalue weighted by molar-refractivity contribution is 9.24. The van der Waals surface area contributed by atoms with Crippen LogP contribution in [0.25, 0.3) is 0 Å². The van der Waals surface area contributed by atoms with Gasteiger partial charge in [-0.25, -0.2) is 0 Å². The van der Waals surface area contributed by atoms with Crippen molar-refractivity contribution in [2.24, 2.45) is 0 Å². The predicted octanol–water partition coefficient (Wildman–Crippen LogP) is 5.73. The van der Waals surface area contributed by atoms with Gasteiger partial charge < -0.3 is 9.47 Å². The summed E-state index contributed by atoms with van der Waals surface area (Å²) in [6.45, 7) is 5.34. The summed E-state index contributed by atoms with van der Waals surface area (Å²) in [5.41, 5.74) is 2.46. The van der Waals surface area contributed by atoms with Crippen LogP contribution in [-0.4, -0.2) is 17.0 Å². The van der Waals surface area contributed by atoms with Crippen LogP contribution in [0.15, 0.2) is 48.5 Å². The summed E-state index contributed by atoms with van der Waals surface area (Å²) in [5.74, 6) is 2.01. The third-order valence-electron chi connectivity index (χ3n) is 3.35. The van der Waals surface area contributed by atoms with Gasteiger partial charge in [-0.05, 0) is 49.2 Å². The van der Waals surface area contributed by atoms with Crippen LogP contribution in [0.2, 0.25) is 0 Å². The van der Waals surface area contributed by atoms with Gasteiger partial charge in [0.2, 0.25) is 0 Å². The first-order valence-corrected chi connectivity index (χ1v) is 9.22. The number of hydrogen-bond acceptors (Lipinski definition) is 2. The van der Waals surface area contributed by atoms with Crippen molar-refractivity contribution in [1.29, 1.82) is 0 Å². The minimum absolute atomic E-state index is 0.149. The Balaban J connectivity index is 2.25. The van der Waals surface area contributed by atoms with Crippen molar-refractivity contribution in [3.8, 4) is 11.5 Å². The van der Waals surface area contributed by atoms with Gasteiger partial charge in [0, 0.05) is 5.92 Å². The normalized spacial score (nSPS) is 11.0. The van der Waals surface area contributed by atoms with Crippen LogP contribution in [0.5, 0.6) is 11.5 Å². The van der Waals surface area contributed by atoms with Crippen LogP contribution < -0.4 is 9.47 Å². The van der Waals surface area contributed by atoms with Crippen molar-refractivity contribution in [2.45, 2.75) is 23.5 Å². The summed E-state index contributed by atoms with van der Waals surface area (Å²) >= 11 is 7.33. The highest BCUT2D eigenvalue weighted by atomic mass is 79.9. The van der Waals surface area contributed by atoms with E-state index in [0.717, 1.165) is 11.5 Å². The molecule has 2 rings (SSSR count). The number of hydrogen-bond donors (Lipinski definition) is 0. The van der Waals surface area contributed by atoms with Crippen LogP contribution in [0, 0.1) is 0 Å². The Morgan fingerprint density at radius 2 is 1.09 bits per heavy atom. The molecule has 2 aromatic rings. The van der Waals surface area contributed by atoms with E-state index < -0.39 is 0 Å². The van der Waals surface area contributed by atoms with Gasteiger partial charge in [-0.1, -0.05) is 56.1 Å². The molecule has 0 N–H and O–H groups in total. The molecule has 0 spiro atoms. The first-order valence-electron chi connectivity index (χ1n) is 7.39. The molecule has 2 nitrogen and oxygen atoms in total. The topological polar surface area (TPSA) is 18.5 Å². The zero-order valence-corrected chi connectivity index (χ0v) is 15.9. The van der Waals surface area contributed by atoms with Gasteiger partial charge in [0.15, 0.2) is 0 Å². The highest BCUT2D eigenvalue weighted by Crippen LogP contribution is 2.36. The van der Waals surface area contributed by atoms with E-state index in [1.165, 1.54) is 11.1 Å². The summed E-state index contributed by atoms with van der Waals surface area (Å²) in [6.07, 6.45) is 0. The van der Waals surface area contributed by atoms with Crippen LogP contribution >= 0.6 is 31.9 Å². The molecular formula is C18H20Br2O2. The summed E-state index contributed by atoms with van der Waals surface area (Å²) in [7, 11) is 0. The van der Waals surface area contributed by atoms with Crippen molar-refractivity contribution in [1.82, 2.24) is 0 Å². The lowest BCUT2D eigenvalue weighted by Crippen LogP contribution is -2.08. The molecule has 0 saturated heterocycles. The molecule has 0 saturated carbocycles. The Morgan fingerprint density at radius 3 is 1.36 bits per heavy atom. The van der Waals surface area contributed by atoms with E-state index in [0.29, 0.717) is 13.2 Å². The van der Waals surface area contributed by atoms with Crippen LogP contribution in [-0.2, 0) is 0 Å². The lowest BCUT2D eigenvalue weighted by atomic mass is 9.93. The molecular weight excluding hydrogens is 408 g/mol. The molecule has 0 aliphatic rings. The van der Waals surface area contributed by atoms with Gasteiger partial charge in [0.1, 0.15) is 11.5 Å². The number of ether oxygens (including phenoxy) is 2. The summed E-state index contributed by atoms with van der Waals surface area (Å²) in [5, 5.41) is 0. The Bertz CT molecular complexity index is 515. The molecule has 22 heavy (non-hydrogen) atoms. The quantitative estimate of drug-likeness (QED) is 0.525. The lowest BCUT2D eigenvalue weighted by Gasteiger charge is -2.20.